The third-order valence-corrected chi connectivity index (χ3v) is 6.57. The maximum absolute atomic E-state index is 13.4. The van der Waals surface area contributed by atoms with Gasteiger partial charge in [0.2, 0.25) is 0 Å². The summed E-state index contributed by atoms with van der Waals surface area (Å²) in [5, 5.41) is 0.958. The van der Waals surface area contributed by atoms with E-state index in [9.17, 15) is 9.18 Å². The van der Waals surface area contributed by atoms with E-state index in [1.807, 2.05) is 12.1 Å². The summed E-state index contributed by atoms with van der Waals surface area (Å²) in [6.07, 6.45) is 4.76. The number of hydrogen-bond acceptors (Lipinski definition) is 5. The van der Waals surface area contributed by atoms with E-state index in [2.05, 4.69) is 24.8 Å². The van der Waals surface area contributed by atoms with Crippen molar-refractivity contribution in [1.29, 1.82) is 0 Å². The van der Waals surface area contributed by atoms with Crippen LogP contribution in [0.5, 0.6) is 0 Å². The van der Waals surface area contributed by atoms with Crippen molar-refractivity contribution >= 4 is 28.3 Å². The SMILES string of the molecule is O=c1[nH]c([C@@H]2CC[C@@H](N3CCN(c4ccc(Cl)cn4)CC3)C2)nc2ccc(F)cc12. The number of rotatable bonds is 3. The molecule has 6 nitrogen and oxygen atoms in total. The van der Waals surface area contributed by atoms with Crippen molar-refractivity contribution in [2.45, 2.75) is 31.2 Å². The number of halogens is 2. The highest BCUT2D eigenvalue weighted by Gasteiger charge is 2.33. The largest absolute Gasteiger partial charge is 0.354 e. The van der Waals surface area contributed by atoms with Crippen LogP contribution < -0.4 is 10.5 Å². The van der Waals surface area contributed by atoms with Gasteiger partial charge in [-0.1, -0.05) is 11.6 Å². The first-order chi connectivity index (χ1) is 14.6. The van der Waals surface area contributed by atoms with Crippen LogP contribution in [0.15, 0.2) is 41.3 Å². The van der Waals surface area contributed by atoms with Crippen molar-refractivity contribution in [2.75, 3.05) is 31.1 Å². The summed E-state index contributed by atoms with van der Waals surface area (Å²) in [5.74, 6) is 1.51. The second-order valence-corrected chi connectivity index (χ2v) is 8.57. The fourth-order valence-electron chi connectivity index (χ4n) is 4.73. The molecular formula is C22H23ClFN5O. The monoisotopic (exact) mass is 427 g/mol. The van der Waals surface area contributed by atoms with Crippen LogP contribution in [0.1, 0.15) is 31.0 Å². The molecule has 2 aliphatic rings. The van der Waals surface area contributed by atoms with Gasteiger partial charge in [0.05, 0.1) is 15.9 Å². The highest BCUT2D eigenvalue weighted by molar-refractivity contribution is 6.30. The average molecular weight is 428 g/mol. The van der Waals surface area contributed by atoms with Crippen LogP contribution in [0.25, 0.3) is 10.9 Å². The Morgan fingerprint density at radius 2 is 1.93 bits per heavy atom. The molecule has 2 atom stereocenters. The average Bonchev–Trinajstić information content (AvgIpc) is 3.25. The van der Waals surface area contributed by atoms with E-state index in [1.165, 1.54) is 12.1 Å². The summed E-state index contributed by atoms with van der Waals surface area (Å²) < 4.78 is 13.4. The number of H-pyrrole nitrogens is 1. The van der Waals surface area contributed by atoms with Crippen LogP contribution in [0, 0.1) is 5.82 Å². The Morgan fingerprint density at radius 1 is 1.10 bits per heavy atom. The van der Waals surface area contributed by atoms with E-state index in [4.69, 9.17) is 11.6 Å². The van der Waals surface area contributed by atoms with Gasteiger partial charge >= 0.3 is 0 Å². The van der Waals surface area contributed by atoms with Crippen LogP contribution in [0.3, 0.4) is 0 Å². The Morgan fingerprint density at radius 3 is 2.70 bits per heavy atom. The van der Waals surface area contributed by atoms with Crippen molar-refractivity contribution in [3.8, 4) is 0 Å². The van der Waals surface area contributed by atoms with Gasteiger partial charge in [0, 0.05) is 44.3 Å². The van der Waals surface area contributed by atoms with Crippen LogP contribution in [0.4, 0.5) is 10.2 Å². The molecule has 1 aliphatic carbocycles. The molecule has 2 fully saturated rings. The molecule has 1 aromatic carbocycles. The van der Waals surface area contributed by atoms with E-state index >= 15 is 0 Å². The first kappa shape index (κ1) is 19.5. The molecule has 0 bridgehead atoms. The zero-order chi connectivity index (χ0) is 20.7. The minimum absolute atomic E-state index is 0.230. The number of hydrogen-bond donors (Lipinski definition) is 1. The molecule has 1 N–H and O–H groups in total. The molecule has 8 heteroatoms. The number of aromatic nitrogens is 3. The number of fused-ring (bicyclic) bond motifs is 1. The Kier molecular flexibility index (Phi) is 5.16. The van der Waals surface area contributed by atoms with Gasteiger partial charge in [-0.15, -0.1) is 0 Å². The first-order valence-electron chi connectivity index (χ1n) is 10.4. The van der Waals surface area contributed by atoms with E-state index in [1.54, 1.807) is 12.3 Å². The summed E-state index contributed by atoms with van der Waals surface area (Å²) >= 11 is 5.94. The molecule has 3 heterocycles. The number of anilines is 1. The number of aromatic amines is 1. The fourth-order valence-corrected chi connectivity index (χ4v) is 4.84. The van der Waals surface area contributed by atoms with Gasteiger partial charge in [-0.05, 0) is 49.6 Å². The van der Waals surface area contributed by atoms with Crippen LogP contribution >= 0.6 is 11.6 Å². The molecule has 2 aromatic heterocycles. The fraction of sp³-hybridized carbons (Fsp3) is 0.409. The molecule has 0 amide bonds. The molecule has 1 aliphatic heterocycles. The van der Waals surface area contributed by atoms with Crippen LogP contribution in [0.2, 0.25) is 5.02 Å². The topological polar surface area (TPSA) is 65.1 Å². The third-order valence-electron chi connectivity index (χ3n) is 6.34. The predicted octanol–water partition coefficient (Wildman–Crippen LogP) is 3.57. The van der Waals surface area contributed by atoms with Gasteiger partial charge in [0.1, 0.15) is 17.5 Å². The molecular weight excluding hydrogens is 405 g/mol. The number of nitrogens with one attached hydrogen (secondary N) is 1. The molecule has 0 spiro atoms. The Bertz CT molecular complexity index is 1110. The number of nitrogens with zero attached hydrogens (tertiary/aromatic N) is 4. The third kappa shape index (κ3) is 3.79. The summed E-state index contributed by atoms with van der Waals surface area (Å²) in [7, 11) is 0. The lowest BCUT2D eigenvalue weighted by Gasteiger charge is -2.38. The lowest BCUT2D eigenvalue weighted by atomic mass is 10.1. The smallest absolute Gasteiger partial charge is 0.258 e. The molecule has 30 heavy (non-hydrogen) atoms. The standard InChI is InChI=1S/C22H23ClFN5O/c23-15-2-6-20(25-13-15)29-9-7-28(8-10-29)17-4-1-14(11-17)21-26-19-5-3-16(24)12-18(19)22(30)27-21/h2-3,5-6,12-14,17H,1,4,7-11H2,(H,26,27,30)/t14-,17-/m1/s1. The van der Waals surface area contributed by atoms with Gasteiger partial charge in [-0.3, -0.25) is 9.69 Å². The van der Waals surface area contributed by atoms with Gasteiger partial charge in [0.25, 0.3) is 5.56 Å². The minimum atomic E-state index is -0.420. The van der Waals surface area contributed by atoms with Gasteiger partial charge in [0.15, 0.2) is 0 Å². The van der Waals surface area contributed by atoms with Crippen molar-refractivity contribution in [3.05, 3.63) is 63.5 Å². The molecule has 1 saturated carbocycles. The van der Waals surface area contributed by atoms with Crippen LogP contribution in [-0.4, -0.2) is 52.1 Å². The zero-order valence-corrected chi connectivity index (χ0v) is 17.3. The van der Waals surface area contributed by atoms with E-state index < -0.39 is 5.82 Å². The molecule has 156 valence electrons. The van der Waals surface area contributed by atoms with Gasteiger partial charge in [-0.25, -0.2) is 14.4 Å². The van der Waals surface area contributed by atoms with Crippen molar-refractivity contribution < 1.29 is 4.39 Å². The summed E-state index contributed by atoms with van der Waals surface area (Å²) in [5.41, 5.74) is 0.296. The second kappa shape index (κ2) is 7.96. The normalized spacial score (nSPS) is 22.7. The number of benzene rings is 1. The number of piperazine rings is 1. The summed E-state index contributed by atoms with van der Waals surface area (Å²) in [4.78, 5) is 29.2. The molecule has 0 unspecified atom stereocenters. The first-order valence-corrected chi connectivity index (χ1v) is 10.7. The quantitative estimate of drug-likeness (QED) is 0.692. The lowest BCUT2D eigenvalue weighted by Crippen LogP contribution is -2.50. The van der Waals surface area contributed by atoms with Crippen molar-refractivity contribution in [3.63, 3.8) is 0 Å². The Balaban J connectivity index is 1.24. The highest BCUT2D eigenvalue weighted by atomic mass is 35.5. The zero-order valence-electron chi connectivity index (χ0n) is 16.5. The van der Waals surface area contributed by atoms with Crippen LogP contribution in [-0.2, 0) is 0 Å². The van der Waals surface area contributed by atoms with Crippen molar-refractivity contribution in [1.82, 2.24) is 19.9 Å². The molecule has 0 radical (unpaired) electrons. The maximum Gasteiger partial charge on any atom is 0.258 e. The summed E-state index contributed by atoms with van der Waals surface area (Å²) in [6.45, 7) is 3.85. The summed E-state index contributed by atoms with van der Waals surface area (Å²) in [6, 6.07) is 8.52. The molecule has 3 aromatic rings. The number of pyridine rings is 1. The minimum Gasteiger partial charge on any atom is -0.354 e. The highest BCUT2D eigenvalue weighted by Crippen LogP contribution is 2.36. The Labute approximate surface area is 178 Å². The van der Waals surface area contributed by atoms with E-state index in [0.29, 0.717) is 22.0 Å². The second-order valence-electron chi connectivity index (χ2n) is 8.13. The predicted molar refractivity (Wildman–Crippen MR) is 116 cm³/mol. The lowest BCUT2D eigenvalue weighted by molar-refractivity contribution is 0.185. The molecule has 1 saturated heterocycles. The van der Waals surface area contributed by atoms with Gasteiger partial charge in [-0.2, -0.15) is 0 Å². The van der Waals surface area contributed by atoms with Gasteiger partial charge < -0.3 is 9.88 Å². The van der Waals surface area contributed by atoms with Crippen molar-refractivity contribution in [2.24, 2.45) is 0 Å². The molecule has 5 rings (SSSR count). The maximum atomic E-state index is 13.4. The van der Waals surface area contributed by atoms with E-state index in [-0.39, 0.29) is 11.5 Å². The Hall–Kier alpha value is -2.51. The van der Waals surface area contributed by atoms with E-state index in [0.717, 1.165) is 57.1 Å².